The number of alkyl halides is 2. The summed E-state index contributed by atoms with van der Waals surface area (Å²) in [6.07, 6.45) is -2.36. The van der Waals surface area contributed by atoms with Crippen molar-refractivity contribution in [2.45, 2.75) is 51.2 Å². The van der Waals surface area contributed by atoms with Crippen molar-refractivity contribution in [1.82, 2.24) is 10.2 Å². The van der Waals surface area contributed by atoms with Gasteiger partial charge in [0.1, 0.15) is 6.23 Å². The fourth-order valence-corrected chi connectivity index (χ4v) is 2.46. The van der Waals surface area contributed by atoms with Gasteiger partial charge in [-0.25, -0.2) is 13.6 Å². The largest absolute Gasteiger partial charge is 0.374 e. The van der Waals surface area contributed by atoms with Crippen LogP contribution in [0.2, 0.25) is 0 Å². The molecular formula is C11H18F2N2O3. The van der Waals surface area contributed by atoms with Crippen molar-refractivity contribution in [3.8, 4) is 0 Å². The molecule has 2 fully saturated rings. The lowest BCUT2D eigenvalue weighted by molar-refractivity contribution is -0.148. The quantitative estimate of drug-likeness (QED) is 0.786. The highest BCUT2D eigenvalue weighted by Gasteiger charge is 2.59. The number of aliphatic hydroxyl groups excluding tert-OH is 1. The molecule has 104 valence electrons. The molecule has 2 amide bonds. The van der Waals surface area contributed by atoms with Crippen molar-refractivity contribution in [3.05, 3.63) is 0 Å². The minimum Gasteiger partial charge on any atom is -0.374 e. The maximum atomic E-state index is 14.1. The molecule has 2 rings (SSSR count). The molecule has 0 aromatic heterocycles. The molecular weight excluding hydrogens is 246 g/mol. The number of carbonyl (C=O) groups excluding carboxylic acids is 1. The summed E-state index contributed by atoms with van der Waals surface area (Å²) in [7, 11) is 0. The summed E-state index contributed by atoms with van der Waals surface area (Å²) in [4.78, 5) is 12.6. The van der Waals surface area contributed by atoms with Gasteiger partial charge >= 0.3 is 6.03 Å². The minimum absolute atomic E-state index is 0.0659. The highest BCUT2D eigenvalue weighted by molar-refractivity contribution is 5.75. The lowest BCUT2D eigenvalue weighted by Crippen LogP contribution is -2.59. The Morgan fingerprint density at radius 2 is 2.28 bits per heavy atom. The number of hydrogen-bond acceptors (Lipinski definition) is 3. The van der Waals surface area contributed by atoms with Gasteiger partial charge in [-0.15, -0.1) is 0 Å². The number of nitrogens with one attached hydrogen (secondary N) is 1. The van der Waals surface area contributed by atoms with E-state index in [0.717, 1.165) is 4.90 Å². The molecule has 2 heterocycles. The summed E-state index contributed by atoms with van der Waals surface area (Å²) >= 11 is 0. The van der Waals surface area contributed by atoms with Gasteiger partial charge < -0.3 is 15.2 Å². The van der Waals surface area contributed by atoms with Crippen LogP contribution in [0.25, 0.3) is 0 Å². The highest BCUT2D eigenvalue weighted by atomic mass is 19.3. The van der Waals surface area contributed by atoms with E-state index in [-0.39, 0.29) is 13.0 Å². The van der Waals surface area contributed by atoms with Crippen LogP contribution in [-0.2, 0) is 4.74 Å². The summed E-state index contributed by atoms with van der Waals surface area (Å²) < 4.78 is 33.5. The van der Waals surface area contributed by atoms with Crippen molar-refractivity contribution in [1.29, 1.82) is 0 Å². The van der Waals surface area contributed by atoms with E-state index < -0.39 is 36.4 Å². The van der Waals surface area contributed by atoms with Gasteiger partial charge in [0.15, 0.2) is 6.23 Å². The smallest absolute Gasteiger partial charge is 0.321 e. The summed E-state index contributed by atoms with van der Waals surface area (Å²) in [5.41, 5.74) is 0. The molecule has 4 atom stereocenters. The Bertz CT molecular complexity index is 340. The standard InChI is InChI=1S/C11H18F2N2O3/c1-3-7-6(2)11(12,13)9(18-7)15-5-4-8(16)14-10(15)17/h6-9,16H,3-5H2,1-2H3,(H,14,17)/t6-,7-,8?,9-/m1/s1. The molecule has 0 aromatic rings. The van der Waals surface area contributed by atoms with E-state index in [2.05, 4.69) is 5.32 Å². The Labute approximate surface area is 104 Å². The van der Waals surface area contributed by atoms with Gasteiger partial charge in [-0.1, -0.05) is 13.8 Å². The molecule has 0 spiro atoms. The number of nitrogens with zero attached hydrogens (tertiary/aromatic N) is 1. The average molecular weight is 264 g/mol. The van der Waals surface area contributed by atoms with E-state index in [1.807, 2.05) is 0 Å². The molecule has 2 aliphatic heterocycles. The van der Waals surface area contributed by atoms with E-state index in [4.69, 9.17) is 4.74 Å². The molecule has 5 nitrogen and oxygen atoms in total. The van der Waals surface area contributed by atoms with E-state index >= 15 is 0 Å². The maximum Gasteiger partial charge on any atom is 0.321 e. The number of amides is 2. The molecule has 1 unspecified atom stereocenters. The number of carbonyl (C=O) groups is 1. The lowest BCUT2D eigenvalue weighted by Gasteiger charge is -2.36. The van der Waals surface area contributed by atoms with Gasteiger partial charge in [-0.05, 0) is 6.42 Å². The van der Waals surface area contributed by atoms with Crippen molar-refractivity contribution < 1.29 is 23.4 Å². The first-order chi connectivity index (χ1) is 8.37. The van der Waals surface area contributed by atoms with Crippen LogP contribution in [0.4, 0.5) is 13.6 Å². The zero-order chi connectivity index (χ0) is 13.5. The summed E-state index contributed by atoms with van der Waals surface area (Å²) in [5, 5.41) is 11.5. The number of rotatable bonds is 2. The van der Waals surface area contributed by atoms with Crippen molar-refractivity contribution >= 4 is 6.03 Å². The van der Waals surface area contributed by atoms with E-state index in [1.165, 1.54) is 6.92 Å². The first kappa shape index (κ1) is 13.5. The van der Waals surface area contributed by atoms with Crippen LogP contribution in [0.15, 0.2) is 0 Å². The molecule has 2 saturated heterocycles. The second kappa shape index (κ2) is 4.62. The molecule has 0 aromatic carbocycles. The van der Waals surface area contributed by atoms with Crippen LogP contribution in [0, 0.1) is 5.92 Å². The number of halogens is 2. The Morgan fingerprint density at radius 1 is 1.61 bits per heavy atom. The first-order valence-electron chi connectivity index (χ1n) is 6.16. The van der Waals surface area contributed by atoms with Gasteiger partial charge in [0.2, 0.25) is 0 Å². The maximum absolute atomic E-state index is 14.1. The van der Waals surface area contributed by atoms with Gasteiger partial charge in [0.05, 0.1) is 12.0 Å². The van der Waals surface area contributed by atoms with Crippen LogP contribution in [0.5, 0.6) is 0 Å². The van der Waals surface area contributed by atoms with Crippen LogP contribution >= 0.6 is 0 Å². The van der Waals surface area contributed by atoms with Crippen LogP contribution in [0.3, 0.4) is 0 Å². The fourth-order valence-electron chi connectivity index (χ4n) is 2.46. The molecule has 0 saturated carbocycles. The molecule has 0 radical (unpaired) electrons. The van der Waals surface area contributed by atoms with Crippen LogP contribution < -0.4 is 5.32 Å². The van der Waals surface area contributed by atoms with Gasteiger partial charge in [-0.3, -0.25) is 4.90 Å². The molecule has 18 heavy (non-hydrogen) atoms. The van der Waals surface area contributed by atoms with E-state index in [9.17, 15) is 18.7 Å². The van der Waals surface area contributed by atoms with Crippen LogP contribution in [-0.4, -0.2) is 47.1 Å². The van der Waals surface area contributed by atoms with Gasteiger partial charge in [-0.2, -0.15) is 0 Å². The molecule has 2 N–H and O–H groups in total. The Kier molecular flexibility index (Phi) is 3.46. The number of urea groups is 1. The highest BCUT2D eigenvalue weighted by Crippen LogP contribution is 2.43. The molecule has 0 bridgehead atoms. The second-order valence-corrected chi connectivity index (χ2v) is 4.85. The monoisotopic (exact) mass is 264 g/mol. The normalized spacial score (nSPS) is 39.8. The summed E-state index contributed by atoms with van der Waals surface area (Å²) in [6, 6.07) is -0.706. The topological polar surface area (TPSA) is 61.8 Å². The zero-order valence-corrected chi connectivity index (χ0v) is 10.4. The van der Waals surface area contributed by atoms with Crippen LogP contribution in [0.1, 0.15) is 26.7 Å². The summed E-state index contributed by atoms with van der Waals surface area (Å²) in [6.45, 7) is 3.28. The third-order valence-electron chi connectivity index (χ3n) is 3.68. The fraction of sp³-hybridized carbons (Fsp3) is 0.909. The number of ether oxygens (including phenoxy) is 1. The van der Waals surface area contributed by atoms with Gasteiger partial charge in [0, 0.05) is 13.0 Å². The Hall–Kier alpha value is -0.950. The van der Waals surface area contributed by atoms with E-state index in [0.29, 0.717) is 6.42 Å². The number of aliphatic hydroxyl groups is 1. The first-order valence-corrected chi connectivity index (χ1v) is 6.16. The Balaban J connectivity index is 2.15. The van der Waals surface area contributed by atoms with Crippen molar-refractivity contribution in [2.24, 2.45) is 5.92 Å². The average Bonchev–Trinajstić information content (AvgIpc) is 2.52. The second-order valence-electron chi connectivity index (χ2n) is 4.85. The Morgan fingerprint density at radius 3 is 2.78 bits per heavy atom. The SMILES string of the molecule is CC[C@H]1O[C@@H](N2CCC(O)NC2=O)C(F)(F)[C@@H]1C. The van der Waals surface area contributed by atoms with Gasteiger partial charge in [0.25, 0.3) is 5.92 Å². The minimum atomic E-state index is -3.07. The molecule has 7 heteroatoms. The molecule has 0 aliphatic carbocycles. The third kappa shape index (κ3) is 2.05. The zero-order valence-electron chi connectivity index (χ0n) is 10.4. The predicted molar refractivity (Wildman–Crippen MR) is 58.9 cm³/mol. The summed E-state index contributed by atoms with van der Waals surface area (Å²) in [5.74, 6) is -3.99. The van der Waals surface area contributed by atoms with E-state index in [1.54, 1.807) is 6.92 Å². The van der Waals surface area contributed by atoms with Crippen molar-refractivity contribution in [2.75, 3.05) is 6.54 Å². The molecule has 2 aliphatic rings. The van der Waals surface area contributed by atoms with Crippen molar-refractivity contribution in [3.63, 3.8) is 0 Å². The lowest BCUT2D eigenvalue weighted by atomic mass is 9.97. The predicted octanol–water partition coefficient (Wildman–Crippen LogP) is 1.13. The third-order valence-corrected chi connectivity index (χ3v) is 3.68. The number of hydrogen-bond donors (Lipinski definition) is 2.